The number of hydrogen-bond donors (Lipinski definition) is 2. The van der Waals surface area contributed by atoms with Gasteiger partial charge in [-0.3, -0.25) is 9.59 Å². The lowest BCUT2D eigenvalue weighted by atomic mass is 9.90. The van der Waals surface area contributed by atoms with E-state index in [4.69, 9.17) is 0 Å². The van der Waals surface area contributed by atoms with Crippen molar-refractivity contribution in [1.29, 1.82) is 0 Å². The minimum Gasteiger partial charge on any atom is -0.343 e. The minimum atomic E-state index is -0.453. The Hall–Kier alpha value is -1.10. The van der Waals surface area contributed by atoms with Crippen LogP contribution in [0.25, 0.3) is 0 Å². The van der Waals surface area contributed by atoms with Crippen LogP contribution < -0.4 is 10.6 Å². The number of piperidine rings is 1. The zero-order chi connectivity index (χ0) is 15.3. The molecule has 0 bridgehead atoms. The Morgan fingerprint density at radius 2 is 1.95 bits per heavy atom. The molecule has 120 valence electrons. The molecule has 0 aromatic carbocycles. The fraction of sp³-hybridized carbons (Fsp3) is 0.875. The summed E-state index contributed by atoms with van der Waals surface area (Å²) >= 11 is 0. The highest BCUT2D eigenvalue weighted by molar-refractivity contribution is 5.92. The molecule has 2 aliphatic rings. The van der Waals surface area contributed by atoms with Crippen LogP contribution in [0.4, 0.5) is 0 Å². The van der Waals surface area contributed by atoms with E-state index in [0.717, 1.165) is 58.2 Å². The van der Waals surface area contributed by atoms with Gasteiger partial charge >= 0.3 is 0 Å². The van der Waals surface area contributed by atoms with Crippen LogP contribution in [0.3, 0.4) is 0 Å². The molecule has 2 heterocycles. The quantitative estimate of drug-likeness (QED) is 0.806. The maximum absolute atomic E-state index is 12.6. The van der Waals surface area contributed by atoms with Gasteiger partial charge in [-0.25, -0.2) is 0 Å². The minimum absolute atomic E-state index is 0.000269. The topological polar surface area (TPSA) is 61.4 Å². The molecule has 2 saturated heterocycles. The third-order valence-corrected chi connectivity index (χ3v) is 4.74. The van der Waals surface area contributed by atoms with Crippen LogP contribution in [-0.2, 0) is 9.59 Å². The number of likely N-dealkylation sites (tertiary alicyclic amines) is 1. The lowest BCUT2D eigenvalue weighted by Crippen LogP contribution is -2.58. The number of hydrogen-bond acceptors (Lipinski definition) is 3. The number of nitrogens with one attached hydrogen (secondary N) is 2. The molecule has 0 aliphatic carbocycles. The monoisotopic (exact) mass is 295 g/mol. The largest absolute Gasteiger partial charge is 0.343 e. The number of rotatable bonds is 5. The first kappa shape index (κ1) is 16.3. The van der Waals surface area contributed by atoms with Gasteiger partial charge in [0.2, 0.25) is 11.8 Å². The van der Waals surface area contributed by atoms with Gasteiger partial charge in [-0.1, -0.05) is 13.3 Å². The second-order valence-corrected chi connectivity index (χ2v) is 6.44. The summed E-state index contributed by atoms with van der Waals surface area (Å²) in [7, 11) is 0. The molecule has 0 saturated carbocycles. The van der Waals surface area contributed by atoms with Crippen LogP contribution in [0.2, 0.25) is 0 Å². The predicted molar refractivity (Wildman–Crippen MR) is 82.9 cm³/mol. The number of nitrogens with zero attached hydrogens (tertiary/aromatic N) is 1. The van der Waals surface area contributed by atoms with Gasteiger partial charge in [0, 0.05) is 13.1 Å². The molecule has 0 radical (unpaired) electrons. The molecule has 2 fully saturated rings. The van der Waals surface area contributed by atoms with Crippen molar-refractivity contribution in [3.63, 3.8) is 0 Å². The SMILES string of the molecule is CCCC1(C(=O)NC(C)C(=O)N2CCCCC2)CCCN1. The van der Waals surface area contributed by atoms with Gasteiger partial charge < -0.3 is 15.5 Å². The lowest BCUT2D eigenvalue weighted by Gasteiger charge is -2.32. The van der Waals surface area contributed by atoms with E-state index in [9.17, 15) is 9.59 Å². The molecular formula is C16H29N3O2. The summed E-state index contributed by atoms with van der Waals surface area (Å²) in [5, 5.41) is 6.31. The molecule has 5 nitrogen and oxygen atoms in total. The van der Waals surface area contributed by atoms with Crippen LogP contribution in [-0.4, -0.2) is 47.9 Å². The van der Waals surface area contributed by atoms with Gasteiger partial charge in [-0.15, -0.1) is 0 Å². The molecule has 0 spiro atoms. The Morgan fingerprint density at radius 3 is 2.52 bits per heavy atom. The van der Waals surface area contributed by atoms with E-state index >= 15 is 0 Å². The zero-order valence-electron chi connectivity index (χ0n) is 13.4. The molecule has 2 unspecified atom stereocenters. The van der Waals surface area contributed by atoms with Crippen molar-refractivity contribution >= 4 is 11.8 Å². The van der Waals surface area contributed by atoms with Crippen LogP contribution in [0, 0.1) is 0 Å². The average Bonchev–Trinajstić information content (AvgIpc) is 2.97. The van der Waals surface area contributed by atoms with Gasteiger partial charge in [-0.2, -0.15) is 0 Å². The summed E-state index contributed by atoms with van der Waals surface area (Å²) in [6.45, 7) is 6.46. The summed E-state index contributed by atoms with van der Waals surface area (Å²) in [5.41, 5.74) is -0.453. The Labute approximate surface area is 127 Å². The highest BCUT2D eigenvalue weighted by atomic mass is 16.2. The van der Waals surface area contributed by atoms with Crippen LogP contribution in [0.5, 0.6) is 0 Å². The van der Waals surface area contributed by atoms with Gasteiger partial charge in [0.15, 0.2) is 0 Å². The lowest BCUT2D eigenvalue weighted by molar-refractivity contribution is -0.138. The van der Waals surface area contributed by atoms with Crippen LogP contribution in [0.1, 0.15) is 58.8 Å². The van der Waals surface area contributed by atoms with Crippen molar-refractivity contribution in [2.24, 2.45) is 0 Å². The molecule has 2 N–H and O–H groups in total. The summed E-state index contributed by atoms with van der Waals surface area (Å²) in [6.07, 6.45) is 7.06. The van der Waals surface area contributed by atoms with Crippen LogP contribution in [0.15, 0.2) is 0 Å². The van der Waals surface area contributed by atoms with Crippen molar-refractivity contribution in [3.05, 3.63) is 0 Å². The number of carbonyl (C=O) groups excluding carboxylic acids is 2. The fourth-order valence-corrected chi connectivity index (χ4v) is 3.54. The van der Waals surface area contributed by atoms with E-state index in [1.807, 2.05) is 11.8 Å². The third-order valence-electron chi connectivity index (χ3n) is 4.74. The second-order valence-electron chi connectivity index (χ2n) is 6.44. The van der Waals surface area contributed by atoms with Gasteiger partial charge in [0.1, 0.15) is 6.04 Å². The van der Waals surface area contributed by atoms with E-state index in [1.54, 1.807) is 0 Å². The highest BCUT2D eigenvalue weighted by Crippen LogP contribution is 2.25. The van der Waals surface area contributed by atoms with Gasteiger partial charge in [-0.05, 0) is 52.0 Å². The van der Waals surface area contributed by atoms with Crippen molar-refractivity contribution < 1.29 is 9.59 Å². The standard InChI is InChI=1S/C16H29N3O2/c1-3-8-16(9-7-10-17-16)15(21)18-13(2)14(20)19-11-5-4-6-12-19/h13,17H,3-12H2,1-2H3,(H,18,21). The Bertz CT molecular complexity index is 372. The highest BCUT2D eigenvalue weighted by Gasteiger charge is 2.41. The van der Waals surface area contributed by atoms with E-state index in [0.29, 0.717) is 0 Å². The second kappa shape index (κ2) is 7.25. The van der Waals surface area contributed by atoms with E-state index in [2.05, 4.69) is 17.6 Å². The Kier molecular flexibility index (Phi) is 5.62. The first-order chi connectivity index (χ1) is 10.1. The zero-order valence-corrected chi connectivity index (χ0v) is 13.4. The van der Waals surface area contributed by atoms with E-state index < -0.39 is 11.6 Å². The molecule has 2 atom stereocenters. The normalized spacial score (nSPS) is 27.4. The van der Waals surface area contributed by atoms with Gasteiger partial charge in [0.25, 0.3) is 0 Å². The Balaban J connectivity index is 1.92. The maximum atomic E-state index is 12.6. The average molecular weight is 295 g/mol. The smallest absolute Gasteiger partial charge is 0.244 e. The van der Waals surface area contributed by atoms with E-state index in [1.165, 1.54) is 6.42 Å². The summed E-state index contributed by atoms with van der Waals surface area (Å²) in [6, 6.07) is -0.424. The summed E-state index contributed by atoms with van der Waals surface area (Å²) < 4.78 is 0. The molecular weight excluding hydrogens is 266 g/mol. The van der Waals surface area contributed by atoms with Crippen molar-refractivity contribution in [3.8, 4) is 0 Å². The van der Waals surface area contributed by atoms with Crippen molar-refractivity contribution in [2.75, 3.05) is 19.6 Å². The van der Waals surface area contributed by atoms with E-state index in [-0.39, 0.29) is 11.8 Å². The molecule has 2 rings (SSSR count). The molecule has 0 aromatic rings. The van der Waals surface area contributed by atoms with Crippen LogP contribution >= 0.6 is 0 Å². The molecule has 5 heteroatoms. The number of amides is 2. The van der Waals surface area contributed by atoms with Gasteiger partial charge in [0.05, 0.1) is 5.54 Å². The predicted octanol–water partition coefficient (Wildman–Crippen LogP) is 1.43. The maximum Gasteiger partial charge on any atom is 0.244 e. The fourth-order valence-electron chi connectivity index (χ4n) is 3.54. The Morgan fingerprint density at radius 1 is 1.24 bits per heavy atom. The number of carbonyl (C=O) groups is 2. The molecule has 2 amide bonds. The summed E-state index contributed by atoms with van der Waals surface area (Å²) in [4.78, 5) is 26.9. The first-order valence-corrected chi connectivity index (χ1v) is 8.44. The van der Waals surface area contributed by atoms with Crippen molar-refractivity contribution in [2.45, 2.75) is 70.4 Å². The molecule has 0 aromatic heterocycles. The summed E-state index contributed by atoms with van der Waals surface area (Å²) in [5.74, 6) is 0.0624. The first-order valence-electron chi connectivity index (χ1n) is 8.44. The molecule has 2 aliphatic heterocycles. The third kappa shape index (κ3) is 3.76. The van der Waals surface area contributed by atoms with Crippen molar-refractivity contribution in [1.82, 2.24) is 15.5 Å². The molecule has 21 heavy (non-hydrogen) atoms.